The fourth-order valence-electron chi connectivity index (χ4n) is 2.48. The number of hydrogen-bond donors (Lipinski definition) is 3. The third kappa shape index (κ3) is 5.83. The zero-order chi connectivity index (χ0) is 21.2. The van der Waals surface area contributed by atoms with Gasteiger partial charge in [-0.3, -0.25) is 9.59 Å². The van der Waals surface area contributed by atoms with Crippen LogP contribution in [0.4, 0.5) is 5.69 Å². The Balaban J connectivity index is 2.05. The van der Waals surface area contributed by atoms with Crippen LogP contribution in [0.3, 0.4) is 0 Å². The number of phenolic OH excluding ortho intramolecular Hbond substituents is 1. The van der Waals surface area contributed by atoms with E-state index in [0.717, 1.165) is 0 Å². The quantitative estimate of drug-likeness (QED) is 0.275. The first-order valence-electron chi connectivity index (χ1n) is 8.87. The molecule has 0 saturated heterocycles. The largest absolute Gasteiger partial charge is 0.504 e. The number of hydrogen-bond acceptors (Lipinski definition) is 6. The van der Waals surface area contributed by atoms with Crippen molar-refractivity contribution >= 4 is 23.7 Å². The van der Waals surface area contributed by atoms with E-state index < -0.39 is 11.8 Å². The van der Waals surface area contributed by atoms with Crippen LogP contribution in [-0.2, 0) is 16.0 Å². The van der Waals surface area contributed by atoms with Gasteiger partial charge in [-0.25, -0.2) is 5.43 Å². The zero-order valence-electron chi connectivity index (χ0n) is 16.3. The van der Waals surface area contributed by atoms with Crippen LogP contribution < -0.4 is 20.2 Å². The molecule has 0 bridgehead atoms. The van der Waals surface area contributed by atoms with Crippen molar-refractivity contribution in [2.45, 2.75) is 13.3 Å². The van der Waals surface area contributed by atoms with Gasteiger partial charge in [0.05, 0.1) is 25.6 Å². The lowest BCUT2D eigenvalue weighted by atomic mass is 10.1. The van der Waals surface area contributed by atoms with Gasteiger partial charge in [0.25, 0.3) is 0 Å². The first kappa shape index (κ1) is 21.5. The summed E-state index contributed by atoms with van der Waals surface area (Å²) in [7, 11) is 1.43. The van der Waals surface area contributed by atoms with Crippen molar-refractivity contribution < 1.29 is 24.2 Å². The number of hydrazone groups is 1. The molecule has 3 N–H and O–H groups in total. The molecule has 0 heterocycles. The summed E-state index contributed by atoms with van der Waals surface area (Å²) in [6.45, 7) is 5.89. The van der Waals surface area contributed by atoms with E-state index in [9.17, 15) is 14.7 Å². The molecule has 0 unspecified atom stereocenters. The lowest BCUT2D eigenvalue weighted by molar-refractivity contribution is -0.136. The number of nitrogens with one attached hydrogen (secondary N) is 2. The van der Waals surface area contributed by atoms with Crippen molar-refractivity contribution in [1.29, 1.82) is 0 Å². The average molecular weight is 397 g/mol. The number of ether oxygens (including phenoxy) is 2. The number of phenols is 1. The second-order valence-corrected chi connectivity index (χ2v) is 5.81. The highest BCUT2D eigenvalue weighted by Crippen LogP contribution is 2.31. The molecular formula is C21H23N3O5. The van der Waals surface area contributed by atoms with E-state index in [1.807, 2.05) is 6.92 Å². The number of rotatable bonds is 8. The minimum absolute atomic E-state index is 0.0147. The van der Waals surface area contributed by atoms with Crippen LogP contribution in [0.15, 0.2) is 54.2 Å². The van der Waals surface area contributed by atoms with Gasteiger partial charge in [-0.05, 0) is 43.2 Å². The molecule has 2 aromatic carbocycles. The number of para-hydroxylation sites is 2. The maximum absolute atomic E-state index is 12.1. The molecule has 29 heavy (non-hydrogen) atoms. The second kappa shape index (κ2) is 10.5. The molecule has 8 nitrogen and oxygen atoms in total. The number of methoxy groups -OCH3 is 1. The van der Waals surface area contributed by atoms with Crippen molar-refractivity contribution in [1.82, 2.24) is 5.43 Å². The summed E-state index contributed by atoms with van der Waals surface area (Å²) < 4.78 is 10.5. The number of carbonyl (C=O) groups excluding carboxylic acids is 2. The predicted molar refractivity (Wildman–Crippen MR) is 111 cm³/mol. The zero-order valence-corrected chi connectivity index (χ0v) is 16.3. The summed E-state index contributed by atoms with van der Waals surface area (Å²) in [6.07, 6.45) is 3.41. The summed E-state index contributed by atoms with van der Waals surface area (Å²) in [5.74, 6) is -1.08. The van der Waals surface area contributed by atoms with Gasteiger partial charge >= 0.3 is 11.8 Å². The van der Waals surface area contributed by atoms with E-state index in [1.54, 1.807) is 42.5 Å². The van der Waals surface area contributed by atoms with Crippen molar-refractivity contribution in [3.05, 3.63) is 60.2 Å². The average Bonchev–Trinajstić information content (AvgIpc) is 2.71. The van der Waals surface area contributed by atoms with E-state index in [1.165, 1.54) is 13.3 Å². The van der Waals surface area contributed by atoms with Crippen molar-refractivity contribution in [3.8, 4) is 17.2 Å². The van der Waals surface area contributed by atoms with Gasteiger partial charge in [0.15, 0.2) is 11.5 Å². The topological polar surface area (TPSA) is 109 Å². The molecular weight excluding hydrogens is 374 g/mol. The molecule has 8 heteroatoms. The highest BCUT2D eigenvalue weighted by molar-refractivity contribution is 6.39. The summed E-state index contributed by atoms with van der Waals surface area (Å²) in [6, 6.07) is 10.0. The van der Waals surface area contributed by atoms with Crippen LogP contribution in [-0.4, -0.2) is 36.9 Å². The minimum Gasteiger partial charge on any atom is -0.504 e. The minimum atomic E-state index is -0.940. The Hall–Kier alpha value is -3.81. The lowest BCUT2D eigenvalue weighted by Gasteiger charge is -2.10. The lowest BCUT2D eigenvalue weighted by Crippen LogP contribution is -2.32. The van der Waals surface area contributed by atoms with Gasteiger partial charge in [0.1, 0.15) is 5.75 Å². The fourth-order valence-corrected chi connectivity index (χ4v) is 2.48. The number of aromatic hydroxyl groups is 1. The second-order valence-electron chi connectivity index (χ2n) is 5.81. The Morgan fingerprint density at radius 2 is 1.97 bits per heavy atom. The highest BCUT2D eigenvalue weighted by atomic mass is 16.5. The molecule has 0 aromatic heterocycles. The van der Waals surface area contributed by atoms with Crippen LogP contribution in [0.5, 0.6) is 17.2 Å². The molecule has 2 rings (SSSR count). The summed E-state index contributed by atoms with van der Waals surface area (Å²) >= 11 is 0. The van der Waals surface area contributed by atoms with Gasteiger partial charge in [0.2, 0.25) is 0 Å². The molecule has 0 fully saturated rings. The molecule has 0 aliphatic rings. The van der Waals surface area contributed by atoms with Gasteiger partial charge in [0, 0.05) is 5.56 Å². The molecule has 0 saturated carbocycles. The Kier molecular flexibility index (Phi) is 7.78. The van der Waals surface area contributed by atoms with Crippen LogP contribution in [0.1, 0.15) is 18.1 Å². The van der Waals surface area contributed by atoms with Gasteiger partial charge in [-0.15, -0.1) is 6.58 Å². The van der Waals surface area contributed by atoms with E-state index in [4.69, 9.17) is 9.47 Å². The van der Waals surface area contributed by atoms with Crippen molar-refractivity contribution in [2.24, 2.45) is 5.10 Å². The molecule has 152 valence electrons. The Morgan fingerprint density at radius 3 is 2.66 bits per heavy atom. The third-order valence-corrected chi connectivity index (χ3v) is 3.78. The molecule has 0 radical (unpaired) electrons. The fraction of sp³-hybridized carbons (Fsp3) is 0.190. The van der Waals surface area contributed by atoms with Gasteiger partial charge in [-0.2, -0.15) is 5.10 Å². The normalized spacial score (nSPS) is 10.4. The number of carbonyl (C=O) groups is 2. The first-order chi connectivity index (χ1) is 14.0. The van der Waals surface area contributed by atoms with E-state index in [0.29, 0.717) is 35.6 Å². The monoisotopic (exact) mass is 397 g/mol. The first-order valence-corrected chi connectivity index (χ1v) is 8.87. The standard InChI is InChI=1S/C21H23N3O5/c1-4-8-15-11-14(12-18(28-3)19(15)25)13-22-24-21(27)20(26)23-16-9-6-7-10-17(16)29-5-2/h4,6-7,9-13,25H,1,5,8H2,2-3H3,(H,23,26)(H,24,27)/b22-13+. The number of benzene rings is 2. The Labute approximate surface area is 168 Å². The molecule has 2 amide bonds. The smallest absolute Gasteiger partial charge is 0.329 e. The van der Waals surface area contributed by atoms with Crippen LogP contribution in [0.2, 0.25) is 0 Å². The number of allylic oxidation sites excluding steroid dienone is 1. The number of anilines is 1. The summed E-state index contributed by atoms with van der Waals surface area (Å²) in [4.78, 5) is 24.1. The summed E-state index contributed by atoms with van der Waals surface area (Å²) in [5.41, 5.74) is 3.71. The Bertz CT molecular complexity index is 925. The van der Waals surface area contributed by atoms with E-state index in [2.05, 4.69) is 22.4 Å². The maximum atomic E-state index is 12.1. The van der Waals surface area contributed by atoms with E-state index in [-0.39, 0.29) is 11.5 Å². The molecule has 0 aliphatic heterocycles. The van der Waals surface area contributed by atoms with Crippen LogP contribution in [0, 0.1) is 0 Å². The van der Waals surface area contributed by atoms with Crippen molar-refractivity contribution in [3.63, 3.8) is 0 Å². The maximum Gasteiger partial charge on any atom is 0.329 e. The van der Waals surface area contributed by atoms with Gasteiger partial charge in [-0.1, -0.05) is 18.2 Å². The molecule has 2 aromatic rings. The molecule has 0 aliphatic carbocycles. The Morgan fingerprint density at radius 1 is 1.21 bits per heavy atom. The highest BCUT2D eigenvalue weighted by Gasteiger charge is 2.15. The molecule has 0 spiro atoms. The predicted octanol–water partition coefficient (Wildman–Crippen LogP) is 2.62. The SMILES string of the molecule is C=CCc1cc(/C=N/NC(=O)C(=O)Nc2ccccc2OCC)cc(OC)c1O. The molecule has 0 atom stereocenters. The van der Waals surface area contributed by atoms with Crippen LogP contribution in [0.25, 0.3) is 0 Å². The van der Waals surface area contributed by atoms with Gasteiger partial charge < -0.3 is 19.9 Å². The summed E-state index contributed by atoms with van der Waals surface area (Å²) in [5, 5.41) is 16.4. The van der Waals surface area contributed by atoms with Crippen LogP contribution >= 0.6 is 0 Å². The number of amides is 2. The van der Waals surface area contributed by atoms with E-state index >= 15 is 0 Å². The van der Waals surface area contributed by atoms with Crippen molar-refractivity contribution in [2.75, 3.05) is 19.0 Å². The third-order valence-electron chi connectivity index (χ3n) is 3.78. The number of nitrogens with zero attached hydrogens (tertiary/aromatic N) is 1.